The van der Waals surface area contributed by atoms with E-state index in [9.17, 15) is 0 Å². The van der Waals surface area contributed by atoms with E-state index in [4.69, 9.17) is 9.97 Å². The molecule has 0 saturated heterocycles. The minimum absolute atomic E-state index is 0.00377. The molecule has 0 aliphatic heterocycles. The van der Waals surface area contributed by atoms with E-state index >= 15 is 26.3 Å². The Labute approximate surface area is 523 Å². The van der Waals surface area contributed by atoms with Crippen LogP contribution in [0.3, 0.4) is 0 Å². The summed E-state index contributed by atoms with van der Waals surface area (Å²) < 4.78 is 90.2. The molecule has 0 atom stereocenters. The molecule has 0 radical (unpaired) electrons. The smallest absolute Gasteiger partial charge is 0.242 e. The highest BCUT2D eigenvalue weighted by Gasteiger charge is 2.49. The largest absolute Gasteiger partial charge is 0.417 e. The molecule has 15 aromatic rings. The van der Waals surface area contributed by atoms with E-state index in [0.717, 1.165) is 99.8 Å². The first-order chi connectivity index (χ1) is 44.4. The van der Waals surface area contributed by atoms with Gasteiger partial charge >= 0.3 is 12.4 Å². The molecule has 0 amide bonds. The van der Waals surface area contributed by atoms with E-state index < -0.39 is 34.3 Å². The molecule has 0 bridgehead atoms. The molecule has 2 aromatic heterocycles. The zero-order valence-corrected chi connectivity index (χ0v) is 49.1. The van der Waals surface area contributed by atoms with Crippen molar-refractivity contribution in [3.8, 4) is 65.4 Å². The van der Waals surface area contributed by atoms with Gasteiger partial charge < -0.3 is 0 Å². The summed E-state index contributed by atoms with van der Waals surface area (Å²) in [7, 11) is 0. The molecule has 0 spiro atoms. The average Bonchev–Trinajstić information content (AvgIpc) is 1.56. The van der Waals surface area contributed by atoms with Crippen LogP contribution in [0.4, 0.5) is 26.3 Å². The molecule has 2 nitrogen and oxygen atoms in total. The zero-order chi connectivity index (χ0) is 61.4. The first kappa shape index (κ1) is 54.4. The van der Waals surface area contributed by atoms with Crippen molar-refractivity contribution in [2.75, 3.05) is 0 Å². The number of benzene rings is 13. The van der Waals surface area contributed by atoms with Crippen LogP contribution in [-0.2, 0) is 23.2 Å². The van der Waals surface area contributed by atoms with Gasteiger partial charge in [0.1, 0.15) is 11.0 Å². The topological polar surface area (TPSA) is 25.8 Å². The van der Waals surface area contributed by atoms with Crippen LogP contribution >= 0.6 is 11.3 Å². The van der Waals surface area contributed by atoms with Crippen molar-refractivity contribution in [1.29, 1.82) is 0 Å². The molecule has 0 unspecified atom stereocenters. The van der Waals surface area contributed by atoms with Crippen LogP contribution in [0.2, 0.25) is 0 Å². The van der Waals surface area contributed by atoms with Crippen molar-refractivity contribution in [3.63, 3.8) is 0 Å². The van der Waals surface area contributed by atoms with Gasteiger partial charge in [0.2, 0.25) is 0 Å². The molecule has 13 aromatic carbocycles. The second kappa shape index (κ2) is 20.4. The van der Waals surface area contributed by atoms with Crippen LogP contribution < -0.4 is 0 Å². The fraction of sp³-hybridized carbons (Fsp3) is 0.0488. The lowest BCUT2D eigenvalue weighted by Crippen LogP contribution is -2.28. The van der Waals surface area contributed by atoms with Gasteiger partial charge in [0.15, 0.2) is 0 Å². The molecule has 2 aliphatic carbocycles. The van der Waals surface area contributed by atoms with E-state index in [2.05, 4.69) is 182 Å². The van der Waals surface area contributed by atoms with Crippen molar-refractivity contribution < 1.29 is 26.3 Å². The predicted molar refractivity (Wildman–Crippen MR) is 356 cm³/mol. The average molecular weight is 1210 g/mol. The number of fused-ring (bicyclic) bond motifs is 13. The molecule has 2 aliphatic rings. The number of alkyl halides is 6. The fourth-order valence-corrected chi connectivity index (χ4v) is 16.5. The Hall–Kier alpha value is -10.7. The Morgan fingerprint density at radius 3 is 0.934 bits per heavy atom. The van der Waals surface area contributed by atoms with E-state index in [1.54, 1.807) is 59.9 Å². The molecule has 0 fully saturated rings. The standard InChI is InChI=1S/C82H48F6N2S/c83-81(84,85)67-39-19-13-31-55(67)49-43-45-57-58-46-44-50(56-32-14-20-40-68(56)82(86,87)88)48-64(58)74-73(63(57)47-49)89-75-76(90-74)78(62-36-22-42-70-72(62)60-34-16-18-38-66(60)80(70,53-27-9-3-10-28-53)54-29-11-4-12-30-54)91-77(75)61-35-21-41-69-71(61)59-33-15-17-37-65(59)79(69,51-23-5-1-6-24-51)52-25-7-2-8-26-52/h1-48H. The summed E-state index contributed by atoms with van der Waals surface area (Å²) in [4.78, 5) is 13.4. The van der Waals surface area contributed by atoms with Gasteiger partial charge in [-0.1, -0.05) is 267 Å². The summed E-state index contributed by atoms with van der Waals surface area (Å²) in [5, 5.41) is 2.37. The third-order valence-corrected chi connectivity index (χ3v) is 20.1. The summed E-state index contributed by atoms with van der Waals surface area (Å²) in [6.45, 7) is 0. The monoisotopic (exact) mass is 1210 g/mol. The summed E-state index contributed by atoms with van der Waals surface area (Å²) in [5.74, 6) is 0. The first-order valence-electron chi connectivity index (χ1n) is 30.1. The maximum absolute atomic E-state index is 15.0. The van der Waals surface area contributed by atoms with Gasteiger partial charge in [0.25, 0.3) is 0 Å². The van der Waals surface area contributed by atoms with Crippen molar-refractivity contribution >= 4 is 54.9 Å². The lowest BCUT2D eigenvalue weighted by atomic mass is 9.67. The number of aromatic nitrogens is 2. The van der Waals surface area contributed by atoms with Crippen molar-refractivity contribution in [2.24, 2.45) is 0 Å². The van der Waals surface area contributed by atoms with Gasteiger partial charge in [-0.05, 0) is 124 Å². The molecule has 2 heterocycles. The fourth-order valence-electron chi connectivity index (χ4n) is 15.3. The molecule has 17 rings (SSSR count). The van der Waals surface area contributed by atoms with Gasteiger partial charge in [-0.25, -0.2) is 9.97 Å². The highest BCUT2D eigenvalue weighted by Crippen LogP contribution is 2.63. The Bertz CT molecular complexity index is 5030. The molecule has 91 heavy (non-hydrogen) atoms. The Kier molecular flexibility index (Phi) is 12.2. The quantitative estimate of drug-likeness (QED) is 0.112. The Morgan fingerprint density at radius 1 is 0.264 bits per heavy atom. The number of rotatable bonds is 8. The van der Waals surface area contributed by atoms with Crippen molar-refractivity contribution in [1.82, 2.24) is 9.97 Å². The highest BCUT2D eigenvalue weighted by molar-refractivity contribution is 7.21. The van der Waals surface area contributed by atoms with Gasteiger partial charge in [-0.2, -0.15) is 26.3 Å². The molecule has 0 saturated carbocycles. The van der Waals surface area contributed by atoms with Crippen LogP contribution in [0, 0.1) is 0 Å². The van der Waals surface area contributed by atoms with Gasteiger partial charge in [0.05, 0.1) is 42.7 Å². The van der Waals surface area contributed by atoms with Gasteiger partial charge in [0, 0.05) is 21.9 Å². The maximum Gasteiger partial charge on any atom is 0.417 e. The second-order valence-electron chi connectivity index (χ2n) is 23.5. The zero-order valence-electron chi connectivity index (χ0n) is 48.3. The maximum atomic E-state index is 15.0. The summed E-state index contributed by atoms with van der Waals surface area (Å²) in [5.41, 5.74) is 14.3. The number of hydrogen-bond donors (Lipinski definition) is 0. The molecule has 9 heteroatoms. The predicted octanol–water partition coefficient (Wildman–Crippen LogP) is 22.6. The summed E-state index contributed by atoms with van der Waals surface area (Å²) in [6, 6.07) is 94.3. The van der Waals surface area contributed by atoms with Gasteiger partial charge in [-0.3, -0.25) is 0 Å². The molecular formula is C82H48F6N2S. The second-order valence-corrected chi connectivity index (χ2v) is 24.5. The number of hydrogen-bond acceptors (Lipinski definition) is 3. The van der Waals surface area contributed by atoms with Crippen LogP contribution in [0.25, 0.3) is 109 Å². The molecule has 434 valence electrons. The van der Waals surface area contributed by atoms with Crippen molar-refractivity contribution in [3.05, 3.63) is 347 Å². The van der Waals surface area contributed by atoms with Crippen LogP contribution in [-0.4, -0.2) is 9.97 Å². The number of thiophene rings is 1. The number of halogens is 6. The first-order valence-corrected chi connectivity index (χ1v) is 30.9. The third kappa shape index (κ3) is 8.00. The molecule has 0 N–H and O–H groups in total. The SMILES string of the molecule is FC(F)(F)c1ccccc1-c1ccc2c3ccc(-c4ccccc4C(F)(F)F)cc3c3nc4c(-c5cccc6c5-c5ccccc5C6(c5ccccc5)c5ccccc5)sc(-c5cccc6c5-c5ccccc5C6(c5ccccc5)c5ccccc5)c4nc3c2c1. The van der Waals surface area contributed by atoms with Crippen LogP contribution in [0.15, 0.2) is 291 Å². The minimum atomic E-state index is -4.67. The summed E-state index contributed by atoms with van der Waals surface area (Å²) in [6.07, 6.45) is -9.33. The molecular weight excluding hydrogens is 1160 g/mol. The highest BCUT2D eigenvalue weighted by atomic mass is 32.1. The van der Waals surface area contributed by atoms with Crippen LogP contribution in [0.1, 0.15) is 55.6 Å². The summed E-state index contributed by atoms with van der Waals surface area (Å²) >= 11 is 1.60. The van der Waals surface area contributed by atoms with Crippen molar-refractivity contribution in [2.45, 2.75) is 23.2 Å². The lowest BCUT2D eigenvalue weighted by Gasteiger charge is -2.34. The third-order valence-electron chi connectivity index (χ3n) is 18.9. The minimum Gasteiger partial charge on any atom is -0.242 e. The normalized spacial score (nSPS) is 13.8. The van der Waals surface area contributed by atoms with Gasteiger partial charge in [-0.15, -0.1) is 11.3 Å². The van der Waals surface area contributed by atoms with E-state index in [1.807, 2.05) is 24.3 Å². The Morgan fingerprint density at radius 2 is 0.571 bits per heavy atom. The number of nitrogens with zero attached hydrogens (tertiary/aromatic N) is 2. The lowest BCUT2D eigenvalue weighted by molar-refractivity contribution is -0.137. The van der Waals surface area contributed by atoms with Crippen LogP contribution in [0.5, 0.6) is 0 Å². The van der Waals surface area contributed by atoms with E-state index in [1.165, 1.54) is 24.3 Å². The Balaban J connectivity index is 1.04. The van der Waals surface area contributed by atoms with E-state index in [-0.39, 0.29) is 11.1 Å². The van der Waals surface area contributed by atoms with E-state index in [0.29, 0.717) is 54.7 Å².